The lowest BCUT2D eigenvalue weighted by molar-refractivity contribution is -0.140. The van der Waals surface area contributed by atoms with Crippen LogP contribution in [0, 0.1) is 5.82 Å². The maximum absolute atomic E-state index is 15.1. The highest BCUT2D eigenvalue weighted by Crippen LogP contribution is 2.28. The number of fused-ring (bicyclic) bond motifs is 1. The number of nitrogens with zero attached hydrogens (tertiary/aromatic N) is 2. The molecule has 1 amide bonds. The number of hydrogen-bond donors (Lipinski definition) is 2. The fourth-order valence-electron chi connectivity index (χ4n) is 4.19. The number of nitrogens with one attached hydrogen (secondary N) is 1. The van der Waals surface area contributed by atoms with E-state index >= 15 is 4.39 Å². The Balaban J connectivity index is 1.90. The fraction of sp³-hybridized carbons (Fsp3) is 0.360. The maximum atomic E-state index is 15.1. The van der Waals surface area contributed by atoms with E-state index in [0.29, 0.717) is 12.0 Å². The number of sulfone groups is 1. The Labute approximate surface area is 213 Å². The Morgan fingerprint density at radius 1 is 1.22 bits per heavy atom. The van der Waals surface area contributed by atoms with Crippen molar-refractivity contribution in [2.24, 2.45) is 0 Å². The first-order valence-electron chi connectivity index (χ1n) is 11.5. The zero-order valence-corrected chi connectivity index (χ0v) is 21.5. The minimum absolute atomic E-state index is 0.00480. The van der Waals surface area contributed by atoms with Crippen LogP contribution in [0.1, 0.15) is 32.3 Å². The zero-order chi connectivity index (χ0) is 27.4. The van der Waals surface area contributed by atoms with Crippen LogP contribution < -0.4 is 11.0 Å². The van der Waals surface area contributed by atoms with Crippen molar-refractivity contribution in [1.82, 2.24) is 15.0 Å². The fourth-order valence-corrected chi connectivity index (χ4v) is 5.56. The van der Waals surface area contributed by atoms with Crippen molar-refractivity contribution < 1.29 is 32.3 Å². The average Bonchev–Trinajstić information content (AvgIpc) is 2.85. The molecule has 2 N–H and O–H groups in total. The first kappa shape index (κ1) is 27.9. The second kappa shape index (κ2) is 11.2. The molecule has 0 spiro atoms. The van der Waals surface area contributed by atoms with Gasteiger partial charge in [0.15, 0.2) is 14.6 Å². The predicted octanol–water partition coefficient (Wildman–Crippen LogP) is 2.40. The van der Waals surface area contributed by atoms with Gasteiger partial charge in [0, 0.05) is 31.7 Å². The van der Waals surface area contributed by atoms with Crippen LogP contribution in [0.15, 0.2) is 47.5 Å². The summed E-state index contributed by atoms with van der Waals surface area (Å²) in [5.41, 5.74) is 2.76. The van der Waals surface area contributed by atoms with Gasteiger partial charge in [-0.05, 0) is 36.1 Å². The molecule has 0 saturated carbocycles. The van der Waals surface area contributed by atoms with Crippen molar-refractivity contribution in [3.05, 3.63) is 64.5 Å². The van der Waals surface area contributed by atoms with Crippen LogP contribution in [0.4, 0.5) is 4.39 Å². The van der Waals surface area contributed by atoms with Crippen LogP contribution in [0.2, 0.25) is 0 Å². The van der Waals surface area contributed by atoms with Gasteiger partial charge in [0.1, 0.15) is 5.82 Å². The standard InChI is InChI=1S/C25H28FN3O7S/c1-4-25(24(32)28-33,37(3,34)35)10-11-29-15-27-22-14-19(21(26)13-20(22)23(29)31)18-7-5-17(6-8-18)9-12-36-16(2)30/h5-8,13-15,33H,4,9-12H2,1-3H3,(H,28,32)/t25-/m1/s1. The molecule has 1 atom stereocenters. The summed E-state index contributed by atoms with van der Waals surface area (Å²) in [6.07, 6.45) is 2.18. The molecule has 0 fully saturated rings. The molecule has 3 aromatic rings. The van der Waals surface area contributed by atoms with Gasteiger partial charge < -0.3 is 4.74 Å². The SMILES string of the molecule is CC[C@@](CCn1cnc2cc(-c3ccc(CCOC(C)=O)cc3)c(F)cc2c1=O)(C(=O)NO)S(C)(=O)=O. The number of aryl methyl sites for hydroxylation is 1. The third kappa shape index (κ3) is 5.86. The van der Waals surface area contributed by atoms with E-state index in [1.807, 2.05) is 0 Å². The number of rotatable bonds is 10. The molecular weight excluding hydrogens is 505 g/mol. The highest BCUT2D eigenvalue weighted by molar-refractivity contribution is 7.92. The lowest BCUT2D eigenvalue weighted by Gasteiger charge is -2.28. The summed E-state index contributed by atoms with van der Waals surface area (Å²) < 4.78 is 43.9. The maximum Gasteiger partial charge on any atom is 0.302 e. The number of hydrogen-bond acceptors (Lipinski definition) is 8. The van der Waals surface area contributed by atoms with E-state index in [4.69, 9.17) is 9.94 Å². The Morgan fingerprint density at radius 3 is 2.46 bits per heavy atom. The Morgan fingerprint density at radius 2 is 1.89 bits per heavy atom. The molecule has 0 aliphatic rings. The Hall–Kier alpha value is -3.64. The number of carbonyl (C=O) groups is 2. The largest absolute Gasteiger partial charge is 0.466 e. The van der Waals surface area contributed by atoms with Gasteiger partial charge in [-0.2, -0.15) is 0 Å². The van der Waals surface area contributed by atoms with Gasteiger partial charge in [0.05, 0.1) is 23.8 Å². The van der Waals surface area contributed by atoms with Crippen molar-refractivity contribution in [2.45, 2.75) is 44.4 Å². The van der Waals surface area contributed by atoms with Crippen LogP contribution in [0.5, 0.6) is 0 Å². The van der Waals surface area contributed by atoms with Crippen molar-refractivity contribution >= 4 is 32.6 Å². The van der Waals surface area contributed by atoms with Gasteiger partial charge in [0.25, 0.3) is 11.5 Å². The van der Waals surface area contributed by atoms with E-state index in [1.165, 1.54) is 31.7 Å². The lowest BCUT2D eigenvalue weighted by atomic mass is 10.00. The van der Waals surface area contributed by atoms with Crippen LogP contribution >= 0.6 is 0 Å². The molecule has 1 aromatic heterocycles. The second-order valence-electron chi connectivity index (χ2n) is 8.69. The smallest absolute Gasteiger partial charge is 0.302 e. The van der Waals surface area contributed by atoms with Crippen molar-refractivity contribution in [2.75, 3.05) is 12.9 Å². The van der Waals surface area contributed by atoms with Crippen molar-refractivity contribution in [3.63, 3.8) is 0 Å². The van der Waals surface area contributed by atoms with Gasteiger partial charge in [-0.15, -0.1) is 0 Å². The molecule has 0 aliphatic carbocycles. The molecule has 0 radical (unpaired) electrons. The molecule has 0 saturated heterocycles. The van der Waals surface area contributed by atoms with Crippen molar-refractivity contribution in [1.29, 1.82) is 0 Å². The van der Waals surface area contributed by atoms with E-state index in [9.17, 15) is 22.8 Å². The first-order chi connectivity index (χ1) is 17.4. The van der Waals surface area contributed by atoms with E-state index in [-0.39, 0.29) is 48.4 Å². The van der Waals surface area contributed by atoms with Crippen LogP contribution in [-0.2, 0) is 37.1 Å². The molecule has 0 aliphatic heterocycles. The number of hydroxylamine groups is 1. The number of esters is 1. The van der Waals surface area contributed by atoms with E-state index in [0.717, 1.165) is 22.5 Å². The summed E-state index contributed by atoms with van der Waals surface area (Å²) in [5, 5.41) is 9.07. The van der Waals surface area contributed by atoms with Gasteiger partial charge in [-0.1, -0.05) is 31.2 Å². The number of ether oxygens (including phenoxy) is 1. The Kier molecular flexibility index (Phi) is 8.44. The molecule has 1 heterocycles. The van der Waals surface area contributed by atoms with Gasteiger partial charge in [-0.3, -0.25) is 24.2 Å². The molecular formula is C25H28FN3O7S. The summed E-state index contributed by atoms with van der Waals surface area (Å²) in [7, 11) is -3.96. The van der Waals surface area contributed by atoms with Crippen LogP contribution in [0.3, 0.4) is 0 Å². The Bertz CT molecular complexity index is 1490. The average molecular weight is 534 g/mol. The third-order valence-electron chi connectivity index (χ3n) is 6.43. The van der Waals surface area contributed by atoms with E-state index in [2.05, 4.69) is 4.98 Å². The summed E-state index contributed by atoms with van der Waals surface area (Å²) >= 11 is 0. The summed E-state index contributed by atoms with van der Waals surface area (Å²) in [6, 6.07) is 9.55. The number of amides is 1. The topological polar surface area (TPSA) is 145 Å². The molecule has 3 rings (SSSR count). The van der Waals surface area contributed by atoms with Crippen molar-refractivity contribution in [3.8, 4) is 11.1 Å². The summed E-state index contributed by atoms with van der Waals surface area (Å²) in [5.74, 6) is -2.10. The molecule has 10 nitrogen and oxygen atoms in total. The normalized spacial score (nSPS) is 13.2. The minimum Gasteiger partial charge on any atom is -0.466 e. The number of carbonyl (C=O) groups excluding carboxylic acids is 2. The number of benzene rings is 2. The van der Waals surface area contributed by atoms with E-state index < -0.39 is 31.9 Å². The van der Waals surface area contributed by atoms with Gasteiger partial charge in [-0.25, -0.2) is 23.3 Å². The minimum atomic E-state index is -3.96. The molecule has 198 valence electrons. The zero-order valence-electron chi connectivity index (χ0n) is 20.7. The highest BCUT2D eigenvalue weighted by atomic mass is 32.2. The third-order valence-corrected chi connectivity index (χ3v) is 8.52. The quantitative estimate of drug-likeness (QED) is 0.230. The van der Waals surface area contributed by atoms with E-state index in [1.54, 1.807) is 24.3 Å². The summed E-state index contributed by atoms with van der Waals surface area (Å²) in [6.45, 7) is 2.86. The molecule has 0 bridgehead atoms. The summed E-state index contributed by atoms with van der Waals surface area (Å²) in [4.78, 5) is 40.4. The lowest BCUT2D eigenvalue weighted by Crippen LogP contribution is -2.51. The second-order valence-corrected chi connectivity index (χ2v) is 11.0. The number of halogens is 1. The molecule has 2 aromatic carbocycles. The highest BCUT2D eigenvalue weighted by Gasteiger charge is 2.46. The van der Waals surface area contributed by atoms with Crippen LogP contribution in [0.25, 0.3) is 22.0 Å². The first-order valence-corrected chi connectivity index (χ1v) is 13.4. The van der Waals surface area contributed by atoms with Crippen LogP contribution in [-0.4, -0.2) is 52.7 Å². The molecule has 12 heteroatoms. The molecule has 37 heavy (non-hydrogen) atoms. The monoisotopic (exact) mass is 533 g/mol. The molecule has 0 unspecified atom stereocenters. The predicted molar refractivity (Wildman–Crippen MR) is 134 cm³/mol. The van der Waals surface area contributed by atoms with Gasteiger partial charge >= 0.3 is 5.97 Å². The van der Waals surface area contributed by atoms with Gasteiger partial charge in [0.2, 0.25) is 0 Å². The number of aromatic nitrogens is 2.